The predicted molar refractivity (Wildman–Crippen MR) is 125 cm³/mol. The number of hydrogen-bond donors (Lipinski definition) is 2. The quantitative estimate of drug-likeness (QED) is 0.412. The molecule has 0 aliphatic heterocycles. The van der Waals surface area contributed by atoms with Gasteiger partial charge in [0.05, 0.1) is 23.1 Å². The number of carbonyl (C=O) groups excluding carboxylic acids is 2. The highest BCUT2D eigenvalue weighted by molar-refractivity contribution is 6.04. The molecule has 0 atom stereocenters. The first-order chi connectivity index (χ1) is 16.4. The topological polar surface area (TPSA) is 76.0 Å². The Balaban J connectivity index is 1.43. The summed E-state index contributed by atoms with van der Waals surface area (Å²) in [7, 11) is 0. The average Bonchev–Trinajstić information content (AvgIpc) is 3.27. The van der Waals surface area contributed by atoms with Gasteiger partial charge in [0.15, 0.2) is 0 Å². The van der Waals surface area contributed by atoms with Crippen LogP contribution in [0.1, 0.15) is 38.9 Å². The zero-order chi connectivity index (χ0) is 24.1. The van der Waals surface area contributed by atoms with Crippen molar-refractivity contribution in [3.05, 3.63) is 113 Å². The lowest BCUT2D eigenvalue weighted by molar-refractivity contribution is 0.0949. The minimum atomic E-state index is -0.488. The first kappa shape index (κ1) is 22.8. The lowest BCUT2D eigenvalue weighted by atomic mass is 10.1. The first-order valence-corrected chi connectivity index (χ1v) is 10.7. The second-order valence-corrected chi connectivity index (χ2v) is 7.59. The molecule has 2 amide bonds. The molecule has 3 aromatic carbocycles. The van der Waals surface area contributed by atoms with Gasteiger partial charge in [-0.3, -0.25) is 9.59 Å². The Morgan fingerprint density at radius 3 is 2.41 bits per heavy atom. The van der Waals surface area contributed by atoms with E-state index in [4.69, 9.17) is 0 Å². The van der Waals surface area contributed by atoms with E-state index in [9.17, 15) is 18.4 Å². The monoisotopic (exact) mass is 460 g/mol. The van der Waals surface area contributed by atoms with Gasteiger partial charge in [0.1, 0.15) is 11.6 Å². The molecule has 0 aliphatic rings. The van der Waals surface area contributed by atoms with Gasteiger partial charge in [0.2, 0.25) is 0 Å². The van der Waals surface area contributed by atoms with E-state index in [2.05, 4.69) is 15.7 Å². The fourth-order valence-electron chi connectivity index (χ4n) is 3.58. The Bertz CT molecular complexity index is 1330. The van der Waals surface area contributed by atoms with Crippen LogP contribution < -0.4 is 10.6 Å². The number of nitrogens with zero attached hydrogens (tertiary/aromatic N) is 2. The summed E-state index contributed by atoms with van der Waals surface area (Å²) in [6.45, 7) is 2.14. The van der Waals surface area contributed by atoms with Crippen molar-refractivity contribution in [1.29, 1.82) is 0 Å². The number of rotatable bonds is 7. The van der Waals surface area contributed by atoms with Crippen LogP contribution in [0.15, 0.2) is 79.0 Å². The van der Waals surface area contributed by atoms with E-state index in [1.54, 1.807) is 35.0 Å². The van der Waals surface area contributed by atoms with Gasteiger partial charge in [0.25, 0.3) is 11.8 Å². The molecule has 0 unspecified atom stereocenters. The summed E-state index contributed by atoms with van der Waals surface area (Å²) >= 11 is 0. The van der Waals surface area contributed by atoms with Crippen LogP contribution in [0.4, 0.5) is 14.5 Å². The van der Waals surface area contributed by atoms with Crippen molar-refractivity contribution in [2.45, 2.75) is 19.9 Å². The fourth-order valence-corrected chi connectivity index (χ4v) is 3.58. The predicted octanol–water partition coefficient (Wildman–Crippen LogP) is 4.90. The van der Waals surface area contributed by atoms with Gasteiger partial charge in [-0.25, -0.2) is 13.5 Å². The lowest BCUT2D eigenvalue weighted by Gasteiger charge is -2.10. The number of halogens is 2. The molecule has 0 bridgehead atoms. The van der Waals surface area contributed by atoms with E-state index in [-0.39, 0.29) is 23.8 Å². The highest BCUT2D eigenvalue weighted by Gasteiger charge is 2.17. The first-order valence-electron chi connectivity index (χ1n) is 10.7. The van der Waals surface area contributed by atoms with E-state index in [0.717, 1.165) is 11.6 Å². The van der Waals surface area contributed by atoms with Crippen LogP contribution in [0.25, 0.3) is 5.69 Å². The average molecular weight is 460 g/mol. The van der Waals surface area contributed by atoms with Crippen LogP contribution in [0.2, 0.25) is 0 Å². The van der Waals surface area contributed by atoms with E-state index in [1.165, 1.54) is 36.5 Å². The minimum Gasteiger partial charge on any atom is -0.348 e. The number of anilines is 1. The van der Waals surface area contributed by atoms with E-state index in [0.29, 0.717) is 29.1 Å². The van der Waals surface area contributed by atoms with Crippen molar-refractivity contribution >= 4 is 17.5 Å². The molecule has 0 fully saturated rings. The molecule has 0 saturated carbocycles. The van der Waals surface area contributed by atoms with Crippen molar-refractivity contribution in [2.24, 2.45) is 0 Å². The van der Waals surface area contributed by atoms with Gasteiger partial charge in [0, 0.05) is 17.8 Å². The standard InChI is InChI=1S/C26H22F2N4O2/c1-2-24-23(16-30-32(24)22-11-9-19(27)10-12-22)26(34)29-15-17-5-3-8-21(13-17)31-25(33)18-6-4-7-20(28)14-18/h3-14,16H,2,15H2,1H3,(H,29,34)(H,31,33). The molecule has 1 heterocycles. The summed E-state index contributed by atoms with van der Waals surface area (Å²) in [4.78, 5) is 25.2. The summed E-state index contributed by atoms with van der Waals surface area (Å²) in [5.74, 6) is -1.56. The molecule has 0 radical (unpaired) electrons. The Hall–Kier alpha value is -4.33. The van der Waals surface area contributed by atoms with Crippen molar-refractivity contribution in [1.82, 2.24) is 15.1 Å². The second kappa shape index (κ2) is 10.1. The summed E-state index contributed by atoms with van der Waals surface area (Å²) in [5, 5.41) is 9.90. The van der Waals surface area contributed by atoms with Crippen molar-refractivity contribution in [2.75, 3.05) is 5.32 Å². The Morgan fingerprint density at radius 1 is 0.912 bits per heavy atom. The summed E-state index contributed by atoms with van der Waals surface area (Å²) in [6, 6.07) is 18.4. The third-order valence-electron chi connectivity index (χ3n) is 5.24. The molecule has 8 heteroatoms. The molecule has 172 valence electrons. The molecule has 0 aliphatic carbocycles. The summed E-state index contributed by atoms with van der Waals surface area (Å²) in [5.41, 5.74) is 3.32. The SMILES string of the molecule is CCc1c(C(=O)NCc2cccc(NC(=O)c3cccc(F)c3)c2)cnn1-c1ccc(F)cc1. The number of aromatic nitrogens is 2. The van der Waals surface area contributed by atoms with Crippen LogP contribution in [0.5, 0.6) is 0 Å². The number of amides is 2. The second-order valence-electron chi connectivity index (χ2n) is 7.59. The number of benzene rings is 3. The maximum atomic E-state index is 13.4. The van der Waals surface area contributed by atoms with Crippen LogP contribution >= 0.6 is 0 Å². The molecule has 34 heavy (non-hydrogen) atoms. The highest BCUT2D eigenvalue weighted by atomic mass is 19.1. The Kier molecular flexibility index (Phi) is 6.77. The van der Waals surface area contributed by atoms with Crippen LogP contribution in [0.3, 0.4) is 0 Å². The van der Waals surface area contributed by atoms with Crippen LogP contribution in [-0.2, 0) is 13.0 Å². The number of carbonyl (C=O) groups is 2. The van der Waals surface area contributed by atoms with Crippen molar-refractivity contribution in [3.63, 3.8) is 0 Å². The molecular formula is C26H22F2N4O2. The van der Waals surface area contributed by atoms with Gasteiger partial charge >= 0.3 is 0 Å². The molecule has 2 N–H and O–H groups in total. The van der Waals surface area contributed by atoms with Crippen molar-refractivity contribution in [3.8, 4) is 5.69 Å². The van der Waals surface area contributed by atoms with Gasteiger partial charge in [-0.1, -0.05) is 25.1 Å². The van der Waals surface area contributed by atoms with Gasteiger partial charge < -0.3 is 10.6 Å². The maximum absolute atomic E-state index is 13.4. The third-order valence-corrected chi connectivity index (χ3v) is 5.24. The van der Waals surface area contributed by atoms with Gasteiger partial charge in [-0.15, -0.1) is 0 Å². The Labute approximate surface area is 195 Å². The smallest absolute Gasteiger partial charge is 0.255 e. The summed E-state index contributed by atoms with van der Waals surface area (Å²) in [6.07, 6.45) is 2.05. The number of nitrogens with one attached hydrogen (secondary N) is 2. The molecule has 4 rings (SSSR count). The van der Waals surface area contributed by atoms with E-state index >= 15 is 0 Å². The van der Waals surface area contributed by atoms with Gasteiger partial charge in [-0.05, 0) is 66.6 Å². The van der Waals surface area contributed by atoms with Crippen LogP contribution in [-0.4, -0.2) is 21.6 Å². The van der Waals surface area contributed by atoms with Crippen LogP contribution in [0, 0.1) is 11.6 Å². The maximum Gasteiger partial charge on any atom is 0.255 e. The van der Waals surface area contributed by atoms with Gasteiger partial charge in [-0.2, -0.15) is 5.10 Å². The minimum absolute atomic E-state index is 0.212. The summed E-state index contributed by atoms with van der Waals surface area (Å²) < 4.78 is 28.2. The zero-order valence-electron chi connectivity index (χ0n) is 18.4. The third kappa shape index (κ3) is 5.17. The lowest BCUT2D eigenvalue weighted by Crippen LogP contribution is -2.24. The molecule has 0 spiro atoms. The molecular weight excluding hydrogens is 438 g/mol. The van der Waals surface area contributed by atoms with Crippen molar-refractivity contribution < 1.29 is 18.4 Å². The molecule has 6 nitrogen and oxygen atoms in total. The largest absolute Gasteiger partial charge is 0.348 e. The van der Waals surface area contributed by atoms with E-state index in [1.807, 2.05) is 13.0 Å². The molecule has 0 saturated heterocycles. The zero-order valence-corrected chi connectivity index (χ0v) is 18.4. The fraction of sp³-hybridized carbons (Fsp3) is 0.115. The normalized spacial score (nSPS) is 10.7. The highest BCUT2D eigenvalue weighted by Crippen LogP contribution is 2.17. The molecule has 1 aromatic heterocycles. The Morgan fingerprint density at radius 2 is 1.68 bits per heavy atom. The number of hydrogen-bond acceptors (Lipinski definition) is 3. The molecule has 4 aromatic rings. The van der Waals surface area contributed by atoms with E-state index < -0.39 is 11.7 Å².